The lowest BCUT2D eigenvalue weighted by Crippen LogP contribution is -2.42. The zero-order valence-corrected chi connectivity index (χ0v) is 20.5. The van der Waals surface area contributed by atoms with Crippen molar-refractivity contribution in [3.05, 3.63) is 60.3 Å². The van der Waals surface area contributed by atoms with Crippen molar-refractivity contribution in [3.8, 4) is 11.5 Å². The van der Waals surface area contributed by atoms with Crippen LogP contribution in [-0.2, 0) is 11.8 Å². The van der Waals surface area contributed by atoms with Crippen LogP contribution in [0.1, 0.15) is 6.92 Å². The first kappa shape index (κ1) is 22.4. The van der Waals surface area contributed by atoms with Crippen molar-refractivity contribution in [1.82, 2.24) is 29.5 Å². The van der Waals surface area contributed by atoms with E-state index in [0.29, 0.717) is 45.9 Å². The highest BCUT2D eigenvalue weighted by Crippen LogP contribution is 2.34. The Labute approximate surface area is 211 Å². The Balaban J connectivity index is 1.25. The number of halogens is 1. The van der Waals surface area contributed by atoms with Gasteiger partial charge in [-0.1, -0.05) is 11.6 Å². The molecule has 5 aromatic rings. The molecule has 1 saturated heterocycles. The summed E-state index contributed by atoms with van der Waals surface area (Å²) in [5, 5.41) is 3.76. The summed E-state index contributed by atoms with van der Waals surface area (Å²) in [4.78, 5) is 24.5. The van der Waals surface area contributed by atoms with Gasteiger partial charge in [-0.2, -0.15) is 0 Å². The van der Waals surface area contributed by atoms with Crippen LogP contribution in [0.2, 0.25) is 5.02 Å². The second-order valence-electron chi connectivity index (χ2n) is 8.63. The summed E-state index contributed by atoms with van der Waals surface area (Å²) in [5.41, 5.74) is 3.90. The molecule has 1 fully saturated rings. The maximum absolute atomic E-state index is 6.56. The Morgan fingerprint density at radius 3 is 2.86 bits per heavy atom. The largest absolute Gasteiger partial charge is 0.456 e. The lowest BCUT2D eigenvalue weighted by molar-refractivity contribution is 0.0526. The standard InChI is InChI=1S/C25H23ClN8O2/c1-15-12-34(7-8-35-15)25-27-11-20-23(32-25)24(29-13-28-20)31-16-3-6-22(18(26)9-16)36-17-4-5-21-19(10-17)30-14-33(21)2/h3-6,9-11,13-15H,7-8,12H2,1-2H3,(H,28,29,31)/t15-/m1/s1. The molecule has 10 nitrogen and oxygen atoms in total. The van der Waals surface area contributed by atoms with Crippen molar-refractivity contribution < 1.29 is 9.47 Å². The molecule has 1 atom stereocenters. The lowest BCUT2D eigenvalue weighted by Gasteiger charge is -2.31. The second-order valence-corrected chi connectivity index (χ2v) is 9.04. The molecule has 0 unspecified atom stereocenters. The van der Waals surface area contributed by atoms with Crippen LogP contribution >= 0.6 is 11.6 Å². The summed E-state index contributed by atoms with van der Waals surface area (Å²) >= 11 is 6.56. The monoisotopic (exact) mass is 502 g/mol. The van der Waals surface area contributed by atoms with Gasteiger partial charge in [0.15, 0.2) is 5.82 Å². The number of nitrogens with one attached hydrogen (secondary N) is 1. The third-order valence-corrected chi connectivity index (χ3v) is 6.30. The summed E-state index contributed by atoms with van der Waals surface area (Å²) in [5.74, 6) is 2.39. The number of aromatic nitrogens is 6. The van der Waals surface area contributed by atoms with E-state index in [0.717, 1.165) is 29.8 Å². The van der Waals surface area contributed by atoms with E-state index in [9.17, 15) is 0 Å². The maximum Gasteiger partial charge on any atom is 0.226 e. The number of benzene rings is 2. The molecule has 0 amide bonds. The van der Waals surface area contributed by atoms with E-state index >= 15 is 0 Å². The Morgan fingerprint density at radius 1 is 1.08 bits per heavy atom. The summed E-state index contributed by atoms with van der Waals surface area (Å²) in [6.07, 6.45) is 5.09. The van der Waals surface area contributed by atoms with E-state index in [1.807, 2.05) is 48.9 Å². The molecule has 0 radical (unpaired) electrons. The predicted molar refractivity (Wildman–Crippen MR) is 138 cm³/mol. The van der Waals surface area contributed by atoms with E-state index in [4.69, 9.17) is 26.1 Å². The molecule has 1 N–H and O–H groups in total. The average Bonchev–Trinajstić information content (AvgIpc) is 3.25. The van der Waals surface area contributed by atoms with Gasteiger partial charge >= 0.3 is 0 Å². The van der Waals surface area contributed by atoms with Crippen LogP contribution in [0.3, 0.4) is 0 Å². The summed E-state index contributed by atoms with van der Waals surface area (Å²) in [6, 6.07) is 11.2. The molecule has 0 spiro atoms. The van der Waals surface area contributed by atoms with Gasteiger partial charge in [0.25, 0.3) is 0 Å². The number of hydrogen-bond donors (Lipinski definition) is 1. The number of anilines is 3. The smallest absolute Gasteiger partial charge is 0.226 e. The maximum atomic E-state index is 6.56. The van der Waals surface area contributed by atoms with Crippen LogP contribution in [-0.4, -0.2) is 55.3 Å². The minimum Gasteiger partial charge on any atom is -0.456 e. The zero-order valence-electron chi connectivity index (χ0n) is 19.7. The van der Waals surface area contributed by atoms with Gasteiger partial charge in [0.2, 0.25) is 5.95 Å². The van der Waals surface area contributed by atoms with Gasteiger partial charge in [-0.3, -0.25) is 0 Å². The molecule has 182 valence electrons. The number of ether oxygens (including phenoxy) is 2. The molecular weight excluding hydrogens is 480 g/mol. The highest BCUT2D eigenvalue weighted by molar-refractivity contribution is 6.32. The fraction of sp³-hybridized carbons (Fsp3) is 0.240. The highest BCUT2D eigenvalue weighted by Gasteiger charge is 2.20. The van der Waals surface area contributed by atoms with Gasteiger partial charge in [0.1, 0.15) is 28.9 Å². The Bertz CT molecular complexity index is 1570. The summed E-state index contributed by atoms with van der Waals surface area (Å²) in [6.45, 7) is 4.14. The molecule has 36 heavy (non-hydrogen) atoms. The zero-order chi connectivity index (χ0) is 24.6. The van der Waals surface area contributed by atoms with Crippen molar-refractivity contribution in [1.29, 1.82) is 0 Å². The Morgan fingerprint density at radius 2 is 2.00 bits per heavy atom. The number of nitrogens with zero attached hydrogens (tertiary/aromatic N) is 7. The van der Waals surface area contributed by atoms with Crippen molar-refractivity contribution >= 4 is 51.1 Å². The quantitative estimate of drug-likeness (QED) is 0.365. The third-order valence-electron chi connectivity index (χ3n) is 6.01. The molecular formula is C25H23ClN8O2. The van der Waals surface area contributed by atoms with Gasteiger partial charge in [-0.25, -0.2) is 24.9 Å². The second kappa shape index (κ2) is 9.21. The normalized spacial score (nSPS) is 16.0. The van der Waals surface area contributed by atoms with E-state index in [2.05, 4.69) is 30.2 Å². The van der Waals surface area contributed by atoms with Gasteiger partial charge in [-0.15, -0.1) is 0 Å². The summed E-state index contributed by atoms with van der Waals surface area (Å²) in [7, 11) is 1.95. The topological polar surface area (TPSA) is 103 Å². The van der Waals surface area contributed by atoms with Gasteiger partial charge in [0.05, 0.1) is 41.3 Å². The van der Waals surface area contributed by atoms with Crippen molar-refractivity contribution in [2.45, 2.75) is 13.0 Å². The Kier molecular flexibility index (Phi) is 5.74. The SMILES string of the molecule is C[C@@H]1CN(c2ncc3ncnc(Nc4ccc(Oc5ccc6c(c5)ncn6C)c(Cl)c4)c3n2)CCO1. The van der Waals surface area contributed by atoms with Crippen LogP contribution in [0.5, 0.6) is 11.5 Å². The highest BCUT2D eigenvalue weighted by atomic mass is 35.5. The van der Waals surface area contributed by atoms with Crippen LogP contribution in [0.15, 0.2) is 55.2 Å². The van der Waals surface area contributed by atoms with Gasteiger partial charge in [-0.05, 0) is 37.3 Å². The first-order chi connectivity index (χ1) is 17.5. The first-order valence-corrected chi connectivity index (χ1v) is 11.9. The molecule has 1 aliphatic rings. The number of hydrogen-bond acceptors (Lipinski definition) is 9. The lowest BCUT2D eigenvalue weighted by atomic mass is 10.2. The minimum absolute atomic E-state index is 0.122. The number of rotatable bonds is 5. The first-order valence-electron chi connectivity index (χ1n) is 11.5. The molecule has 0 bridgehead atoms. The third kappa shape index (κ3) is 4.36. The van der Waals surface area contributed by atoms with Crippen molar-refractivity contribution in [2.75, 3.05) is 29.9 Å². The summed E-state index contributed by atoms with van der Waals surface area (Å²) < 4.78 is 13.6. The number of imidazole rings is 1. The number of morpholine rings is 1. The predicted octanol–water partition coefficient (Wildman–Crippen LogP) is 4.72. The van der Waals surface area contributed by atoms with Crippen LogP contribution < -0.4 is 15.0 Å². The molecule has 1 aliphatic heterocycles. The fourth-order valence-electron chi connectivity index (χ4n) is 4.19. The molecule has 11 heteroatoms. The van der Waals surface area contributed by atoms with Crippen LogP contribution in [0, 0.1) is 0 Å². The van der Waals surface area contributed by atoms with Crippen LogP contribution in [0.25, 0.3) is 22.1 Å². The van der Waals surface area contributed by atoms with Crippen molar-refractivity contribution in [3.63, 3.8) is 0 Å². The van der Waals surface area contributed by atoms with Gasteiger partial charge < -0.3 is 24.3 Å². The van der Waals surface area contributed by atoms with E-state index in [1.54, 1.807) is 18.6 Å². The van der Waals surface area contributed by atoms with Crippen LogP contribution in [0.4, 0.5) is 17.5 Å². The molecule has 0 saturated carbocycles. The molecule has 2 aromatic carbocycles. The Hall–Kier alpha value is -4.02. The number of fused-ring (bicyclic) bond motifs is 2. The molecule has 6 rings (SSSR count). The van der Waals surface area contributed by atoms with Gasteiger partial charge in [0, 0.05) is 31.9 Å². The van der Waals surface area contributed by atoms with E-state index in [1.165, 1.54) is 6.33 Å². The molecule has 4 heterocycles. The van der Waals surface area contributed by atoms with E-state index < -0.39 is 0 Å². The van der Waals surface area contributed by atoms with E-state index in [-0.39, 0.29) is 6.10 Å². The molecule has 0 aliphatic carbocycles. The minimum atomic E-state index is 0.122. The van der Waals surface area contributed by atoms with Crippen molar-refractivity contribution in [2.24, 2.45) is 7.05 Å². The average molecular weight is 503 g/mol. The fourth-order valence-corrected chi connectivity index (χ4v) is 4.41. The number of aryl methyl sites for hydroxylation is 1. The molecule has 3 aromatic heterocycles.